The first kappa shape index (κ1) is 15.3. The number of rotatable bonds is 7. The maximum Gasteiger partial charge on any atom is 0.304 e. The van der Waals surface area contributed by atoms with Crippen LogP contribution < -0.4 is 11.0 Å². The number of carboxylic acid groups (broad SMARTS) is 1. The van der Waals surface area contributed by atoms with Gasteiger partial charge in [-0.3, -0.25) is 24.8 Å². The van der Waals surface area contributed by atoms with Crippen LogP contribution in [0.5, 0.6) is 0 Å². The average molecular weight is 248 g/mol. The van der Waals surface area contributed by atoms with Crippen molar-refractivity contribution in [2.45, 2.75) is 32.6 Å². The van der Waals surface area contributed by atoms with Crippen molar-refractivity contribution in [3.8, 4) is 0 Å². The maximum atomic E-state index is 11.5. The van der Waals surface area contributed by atoms with Crippen molar-refractivity contribution in [1.29, 1.82) is 0 Å². The largest absolute Gasteiger partial charge is 0.481 e. The van der Waals surface area contributed by atoms with E-state index in [1.54, 1.807) is 6.92 Å². The van der Waals surface area contributed by atoms with Gasteiger partial charge in [-0.15, -0.1) is 0 Å². The van der Waals surface area contributed by atoms with Crippen molar-refractivity contribution in [3.05, 3.63) is 0 Å². The standard InChI is InChI=1S/C9H16N2O6/c1-2-3-4-9(5-6(12)13,7(14)10-16)8(15)11-17/h16-17H,2-5H2,1H3,(H,10,14)(H,11,15)(H,12,13). The Balaban J connectivity index is 5.26. The van der Waals surface area contributed by atoms with E-state index >= 15 is 0 Å². The number of unbranched alkanes of at least 4 members (excludes halogenated alkanes) is 1. The van der Waals surface area contributed by atoms with E-state index in [2.05, 4.69) is 0 Å². The zero-order valence-electron chi connectivity index (χ0n) is 9.39. The molecule has 5 N–H and O–H groups in total. The monoisotopic (exact) mass is 248 g/mol. The fourth-order valence-electron chi connectivity index (χ4n) is 1.53. The second kappa shape index (κ2) is 6.81. The maximum absolute atomic E-state index is 11.5. The number of hydroxylamine groups is 2. The Morgan fingerprint density at radius 1 is 1.12 bits per heavy atom. The van der Waals surface area contributed by atoms with Crippen molar-refractivity contribution >= 4 is 17.8 Å². The molecular formula is C9H16N2O6. The summed E-state index contributed by atoms with van der Waals surface area (Å²) in [6.07, 6.45) is 0.118. The number of carbonyl (C=O) groups is 3. The molecule has 8 heteroatoms. The van der Waals surface area contributed by atoms with Crippen LogP contribution in [-0.2, 0) is 14.4 Å². The first-order valence-electron chi connectivity index (χ1n) is 5.05. The smallest absolute Gasteiger partial charge is 0.304 e. The molecule has 17 heavy (non-hydrogen) atoms. The minimum absolute atomic E-state index is 0.0887. The van der Waals surface area contributed by atoms with Crippen molar-refractivity contribution in [3.63, 3.8) is 0 Å². The number of nitrogens with one attached hydrogen (secondary N) is 2. The van der Waals surface area contributed by atoms with Crippen molar-refractivity contribution in [1.82, 2.24) is 11.0 Å². The molecule has 0 unspecified atom stereocenters. The molecule has 0 heterocycles. The van der Waals surface area contributed by atoms with E-state index in [0.29, 0.717) is 12.8 Å². The fourth-order valence-corrected chi connectivity index (χ4v) is 1.53. The number of hydrogen-bond acceptors (Lipinski definition) is 5. The Labute approximate surface area is 97.5 Å². The van der Waals surface area contributed by atoms with Crippen molar-refractivity contribution in [2.24, 2.45) is 5.41 Å². The Morgan fingerprint density at radius 2 is 1.59 bits per heavy atom. The zero-order valence-corrected chi connectivity index (χ0v) is 9.39. The molecule has 0 rings (SSSR count). The second-order valence-corrected chi connectivity index (χ2v) is 3.64. The number of amides is 2. The van der Waals surface area contributed by atoms with Gasteiger partial charge in [0, 0.05) is 0 Å². The van der Waals surface area contributed by atoms with Gasteiger partial charge < -0.3 is 5.11 Å². The van der Waals surface area contributed by atoms with E-state index in [9.17, 15) is 14.4 Å². The van der Waals surface area contributed by atoms with Crippen LogP contribution in [0.2, 0.25) is 0 Å². The van der Waals surface area contributed by atoms with Crippen LogP contribution in [0, 0.1) is 5.41 Å². The van der Waals surface area contributed by atoms with Gasteiger partial charge in [-0.05, 0) is 6.42 Å². The van der Waals surface area contributed by atoms with Crippen LogP contribution in [0.25, 0.3) is 0 Å². The lowest BCUT2D eigenvalue weighted by atomic mass is 9.78. The summed E-state index contributed by atoms with van der Waals surface area (Å²) in [5, 5.41) is 25.9. The van der Waals surface area contributed by atoms with Gasteiger partial charge in [-0.1, -0.05) is 19.8 Å². The highest BCUT2D eigenvalue weighted by Crippen LogP contribution is 2.30. The summed E-state index contributed by atoms with van der Waals surface area (Å²) in [6, 6.07) is 0. The SMILES string of the molecule is CCCCC(CC(=O)O)(C(=O)NO)C(=O)NO. The highest BCUT2D eigenvalue weighted by Gasteiger charge is 2.47. The van der Waals surface area contributed by atoms with Gasteiger partial charge in [0.15, 0.2) is 0 Å². The van der Waals surface area contributed by atoms with Crippen molar-refractivity contribution in [2.75, 3.05) is 0 Å². The Kier molecular flexibility index (Phi) is 6.15. The van der Waals surface area contributed by atoms with Crippen LogP contribution >= 0.6 is 0 Å². The summed E-state index contributed by atoms with van der Waals surface area (Å²) >= 11 is 0. The molecule has 0 aliphatic rings. The summed E-state index contributed by atoms with van der Waals surface area (Å²) in [4.78, 5) is 33.7. The molecule has 0 aromatic carbocycles. The zero-order chi connectivity index (χ0) is 13.5. The number of hydrogen-bond donors (Lipinski definition) is 5. The minimum Gasteiger partial charge on any atom is -0.481 e. The summed E-state index contributed by atoms with van der Waals surface area (Å²) in [6.45, 7) is 1.79. The Morgan fingerprint density at radius 3 is 1.88 bits per heavy atom. The quantitative estimate of drug-likeness (QED) is 0.237. The summed E-state index contributed by atoms with van der Waals surface area (Å²) in [7, 11) is 0. The first-order chi connectivity index (χ1) is 7.94. The third-order valence-electron chi connectivity index (χ3n) is 2.48. The number of aliphatic carboxylic acids is 1. The topological polar surface area (TPSA) is 136 Å². The molecule has 0 aliphatic heterocycles. The Hall–Kier alpha value is -1.67. The molecule has 0 saturated heterocycles. The third kappa shape index (κ3) is 3.68. The normalized spacial score (nSPS) is 10.8. The van der Waals surface area contributed by atoms with E-state index < -0.39 is 29.6 Å². The molecule has 0 aromatic heterocycles. The molecule has 0 radical (unpaired) electrons. The number of carbonyl (C=O) groups excluding carboxylic acids is 2. The lowest BCUT2D eigenvalue weighted by Gasteiger charge is -2.27. The van der Waals surface area contributed by atoms with Gasteiger partial charge in [-0.25, -0.2) is 11.0 Å². The lowest BCUT2D eigenvalue weighted by Crippen LogP contribution is -2.51. The van der Waals surface area contributed by atoms with Crippen LogP contribution in [-0.4, -0.2) is 33.3 Å². The average Bonchev–Trinajstić information content (AvgIpc) is 2.31. The Bertz CT molecular complexity index is 288. The number of carboxylic acids is 1. The summed E-state index contributed by atoms with van der Waals surface area (Å²) < 4.78 is 0. The lowest BCUT2D eigenvalue weighted by molar-refractivity contribution is -0.160. The predicted octanol–water partition coefficient (Wildman–Crippen LogP) is -0.351. The van der Waals surface area contributed by atoms with Gasteiger partial charge in [0.2, 0.25) is 0 Å². The summed E-state index contributed by atoms with van der Waals surface area (Å²) in [5.41, 5.74) is 0.514. The van der Waals surface area contributed by atoms with Gasteiger partial charge in [0.1, 0.15) is 5.41 Å². The van der Waals surface area contributed by atoms with Crippen LogP contribution in [0.3, 0.4) is 0 Å². The third-order valence-corrected chi connectivity index (χ3v) is 2.48. The molecule has 0 aromatic rings. The van der Waals surface area contributed by atoms with Gasteiger partial charge in [-0.2, -0.15) is 0 Å². The second-order valence-electron chi connectivity index (χ2n) is 3.64. The predicted molar refractivity (Wildman–Crippen MR) is 54.1 cm³/mol. The van der Waals surface area contributed by atoms with Crippen molar-refractivity contribution < 1.29 is 29.9 Å². The van der Waals surface area contributed by atoms with E-state index in [4.69, 9.17) is 15.5 Å². The molecule has 0 atom stereocenters. The first-order valence-corrected chi connectivity index (χ1v) is 5.05. The van der Waals surface area contributed by atoms with Gasteiger partial charge >= 0.3 is 5.97 Å². The molecule has 0 fully saturated rings. The fraction of sp³-hybridized carbons (Fsp3) is 0.667. The molecule has 2 amide bonds. The molecule has 98 valence electrons. The van der Waals surface area contributed by atoms with Crippen LogP contribution in [0.4, 0.5) is 0 Å². The van der Waals surface area contributed by atoms with Gasteiger partial charge in [0.05, 0.1) is 6.42 Å². The molecule has 0 aliphatic carbocycles. The molecule has 0 spiro atoms. The molecule has 8 nitrogen and oxygen atoms in total. The molecule has 0 bridgehead atoms. The molecule has 0 saturated carbocycles. The van der Waals surface area contributed by atoms with E-state index in [1.807, 2.05) is 0 Å². The minimum atomic E-state index is -2.01. The summed E-state index contributed by atoms with van der Waals surface area (Å²) in [5.74, 6) is -3.69. The van der Waals surface area contributed by atoms with Crippen LogP contribution in [0.1, 0.15) is 32.6 Å². The van der Waals surface area contributed by atoms with Gasteiger partial charge in [0.25, 0.3) is 11.8 Å². The van der Waals surface area contributed by atoms with Crippen LogP contribution in [0.15, 0.2) is 0 Å². The highest BCUT2D eigenvalue weighted by atomic mass is 16.5. The van der Waals surface area contributed by atoms with E-state index in [1.165, 1.54) is 11.0 Å². The highest BCUT2D eigenvalue weighted by molar-refractivity contribution is 6.06. The van der Waals surface area contributed by atoms with E-state index in [-0.39, 0.29) is 6.42 Å². The molecular weight excluding hydrogens is 232 g/mol. The van der Waals surface area contributed by atoms with E-state index in [0.717, 1.165) is 0 Å².